The van der Waals surface area contributed by atoms with E-state index in [0.717, 1.165) is 0 Å². The largest absolute Gasteiger partial charge is 0.459 e. The molecule has 1 fully saturated rings. The number of anilines is 3. The minimum atomic E-state index is -0.313. The summed E-state index contributed by atoms with van der Waals surface area (Å²) in [4.78, 5) is 24.9. The van der Waals surface area contributed by atoms with Gasteiger partial charge >= 0.3 is 0 Å². The number of piperazine rings is 1. The number of aromatic nitrogens is 2. The molecule has 1 aromatic carbocycles. The third-order valence-corrected chi connectivity index (χ3v) is 4.32. The summed E-state index contributed by atoms with van der Waals surface area (Å²) in [6, 6.07) is 11.3. The standard InChI is InChI=1S/C19H18FN5O2/c20-14-3-1-4-15(13-14)22-17-6-7-21-19(23-17)25-10-8-24(9-11-25)18(26)16-5-2-12-27-16/h1-7,12-13H,8-11H2,(H,21,22,23). The van der Waals surface area contributed by atoms with Crippen LogP contribution in [0.3, 0.4) is 0 Å². The summed E-state index contributed by atoms with van der Waals surface area (Å²) in [5, 5.41) is 3.08. The number of carbonyl (C=O) groups excluding carboxylic acids is 1. The van der Waals surface area contributed by atoms with Crippen LogP contribution in [0.1, 0.15) is 10.6 Å². The van der Waals surface area contributed by atoms with Crippen molar-refractivity contribution in [2.45, 2.75) is 0 Å². The van der Waals surface area contributed by atoms with Crippen LogP contribution >= 0.6 is 0 Å². The van der Waals surface area contributed by atoms with Crippen molar-refractivity contribution in [3.63, 3.8) is 0 Å². The van der Waals surface area contributed by atoms with Crippen molar-refractivity contribution in [1.29, 1.82) is 0 Å². The second-order valence-electron chi connectivity index (χ2n) is 6.13. The predicted molar refractivity (Wildman–Crippen MR) is 98.5 cm³/mol. The fourth-order valence-corrected chi connectivity index (χ4v) is 2.95. The summed E-state index contributed by atoms with van der Waals surface area (Å²) >= 11 is 0. The van der Waals surface area contributed by atoms with Crippen LogP contribution in [0.5, 0.6) is 0 Å². The number of carbonyl (C=O) groups is 1. The smallest absolute Gasteiger partial charge is 0.289 e. The number of nitrogens with one attached hydrogen (secondary N) is 1. The lowest BCUT2D eigenvalue weighted by Crippen LogP contribution is -2.49. The van der Waals surface area contributed by atoms with Crippen molar-refractivity contribution in [2.75, 3.05) is 36.4 Å². The van der Waals surface area contributed by atoms with Crippen molar-refractivity contribution in [2.24, 2.45) is 0 Å². The van der Waals surface area contributed by atoms with Gasteiger partial charge in [-0.3, -0.25) is 4.79 Å². The highest BCUT2D eigenvalue weighted by Gasteiger charge is 2.24. The van der Waals surface area contributed by atoms with Crippen molar-refractivity contribution < 1.29 is 13.6 Å². The average molecular weight is 367 g/mol. The summed E-state index contributed by atoms with van der Waals surface area (Å²) in [5.41, 5.74) is 0.619. The molecule has 0 saturated carbocycles. The van der Waals surface area contributed by atoms with Crippen LogP contribution in [0, 0.1) is 5.82 Å². The average Bonchev–Trinajstić information content (AvgIpc) is 3.23. The van der Waals surface area contributed by atoms with Crippen molar-refractivity contribution in [3.8, 4) is 0 Å². The summed E-state index contributed by atoms with van der Waals surface area (Å²) in [6.45, 7) is 2.36. The zero-order valence-electron chi connectivity index (χ0n) is 14.5. The van der Waals surface area contributed by atoms with Crippen LogP contribution < -0.4 is 10.2 Å². The molecule has 1 N–H and O–H groups in total. The van der Waals surface area contributed by atoms with Gasteiger partial charge in [0.1, 0.15) is 11.6 Å². The molecule has 1 saturated heterocycles. The first-order chi connectivity index (χ1) is 13.2. The van der Waals surface area contributed by atoms with Gasteiger partial charge < -0.3 is 19.5 Å². The van der Waals surface area contributed by atoms with Gasteiger partial charge in [-0.1, -0.05) is 6.07 Å². The van der Waals surface area contributed by atoms with Gasteiger partial charge in [0.25, 0.3) is 5.91 Å². The first-order valence-electron chi connectivity index (χ1n) is 8.62. The Hall–Kier alpha value is -3.42. The molecule has 0 radical (unpaired) electrons. The molecule has 27 heavy (non-hydrogen) atoms. The van der Waals surface area contributed by atoms with Crippen molar-refractivity contribution >= 4 is 23.4 Å². The fourth-order valence-electron chi connectivity index (χ4n) is 2.95. The van der Waals surface area contributed by atoms with Gasteiger partial charge in [-0.25, -0.2) is 9.37 Å². The van der Waals surface area contributed by atoms with E-state index in [0.29, 0.717) is 49.4 Å². The minimum absolute atomic E-state index is 0.109. The molecule has 0 bridgehead atoms. The van der Waals surface area contributed by atoms with Gasteiger partial charge in [-0.05, 0) is 36.4 Å². The first kappa shape index (κ1) is 17.0. The number of hydrogen-bond acceptors (Lipinski definition) is 6. The number of hydrogen-bond donors (Lipinski definition) is 1. The second kappa shape index (κ2) is 7.45. The van der Waals surface area contributed by atoms with E-state index in [-0.39, 0.29) is 11.7 Å². The lowest BCUT2D eigenvalue weighted by molar-refractivity contribution is 0.0714. The van der Waals surface area contributed by atoms with E-state index in [1.807, 2.05) is 4.90 Å². The Balaban J connectivity index is 1.40. The number of nitrogens with zero attached hydrogens (tertiary/aromatic N) is 4. The predicted octanol–water partition coefficient (Wildman–Crippen LogP) is 2.91. The number of benzene rings is 1. The minimum Gasteiger partial charge on any atom is -0.459 e. The van der Waals surface area contributed by atoms with E-state index in [1.54, 1.807) is 41.4 Å². The molecule has 0 atom stereocenters. The number of rotatable bonds is 4. The number of halogens is 1. The monoisotopic (exact) mass is 367 g/mol. The van der Waals surface area contributed by atoms with Crippen molar-refractivity contribution in [1.82, 2.24) is 14.9 Å². The van der Waals surface area contributed by atoms with Crippen LogP contribution in [-0.4, -0.2) is 47.0 Å². The van der Waals surface area contributed by atoms with Gasteiger partial charge in [0.15, 0.2) is 5.76 Å². The molecule has 1 aliphatic heterocycles. The SMILES string of the molecule is O=C(c1ccco1)N1CCN(c2nccc(Nc3cccc(F)c3)n2)CC1. The summed E-state index contributed by atoms with van der Waals surface area (Å²) in [6.07, 6.45) is 3.15. The molecular formula is C19H18FN5O2. The molecule has 0 spiro atoms. The summed E-state index contributed by atoms with van der Waals surface area (Å²) in [5.74, 6) is 1.08. The molecule has 8 heteroatoms. The number of furan rings is 1. The molecule has 2 aromatic heterocycles. The maximum absolute atomic E-state index is 13.3. The van der Waals surface area contributed by atoms with E-state index in [4.69, 9.17) is 4.42 Å². The Kier molecular flexibility index (Phi) is 4.69. The Morgan fingerprint density at radius 3 is 2.70 bits per heavy atom. The Bertz CT molecular complexity index is 923. The van der Waals surface area contributed by atoms with Gasteiger partial charge in [0.2, 0.25) is 5.95 Å². The quantitative estimate of drug-likeness (QED) is 0.764. The van der Waals surface area contributed by atoms with Gasteiger partial charge in [-0.15, -0.1) is 0 Å². The van der Waals surface area contributed by atoms with Crippen LogP contribution in [-0.2, 0) is 0 Å². The van der Waals surface area contributed by atoms with E-state index in [2.05, 4.69) is 15.3 Å². The molecule has 0 aliphatic carbocycles. The Morgan fingerprint density at radius 2 is 1.96 bits per heavy atom. The highest BCUT2D eigenvalue weighted by Crippen LogP contribution is 2.19. The highest BCUT2D eigenvalue weighted by molar-refractivity contribution is 5.91. The molecule has 1 aliphatic rings. The van der Waals surface area contributed by atoms with E-state index < -0.39 is 0 Å². The zero-order valence-corrected chi connectivity index (χ0v) is 14.5. The van der Waals surface area contributed by atoms with E-state index >= 15 is 0 Å². The lowest BCUT2D eigenvalue weighted by atomic mass is 10.3. The molecule has 0 unspecified atom stereocenters. The Labute approximate surface area is 155 Å². The molecule has 1 amide bonds. The maximum Gasteiger partial charge on any atom is 0.289 e. The molecule has 3 aromatic rings. The van der Waals surface area contributed by atoms with Gasteiger partial charge in [-0.2, -0.15) is 4.98 Å². The van der Waals surface area contributed by atoms with Crippen molar-refractivity contribution in [3.05, 3.63) is 66.5 Å². The third kappa shape index (κ3) is 3.89. The van der Waals surface area contributed by atoms with Crippen LogP contribution in [0.4, 0.5) is 21.8 Å². The summed E-state index contributed by atoms with van der Waals surface area (Å²) < 4.78 is 18.5. The number of amides is 1. The topological polar surface area (TPSA) is 74.5 Å². The zero-order chi connectivity index (χ0) is 18.6. The fraction of sp³-hybridized carbons (Fsp3) is 0.211. The van der Waals surface area contributed by atoms with Gasteiger partial charge in [0, 0.05) is 38.1 Å². The van der Waals surface area contributed by atoms with Gasteiger partial charge in [0.05, 0.1) is 6.26 Å². The van der Waals surface area contributed by atoms with Crippen LogP contribution in [0.2, 0.25) is 0 Å². The normalized spacial score (nSPS) is 14.3. The molecular weight excluding hydrogens is 349 g/mol. The molecule has 138 valence electrons. The van der Waals surface area contributed by atoms with Crippen LogP contribution in [0.25, 0.3) is 0 Å². The molecule has 4 rings (SSSR count). The molecule has 3 heterocycles. The third-order valence-electron chi connectivity index (χ3n) is 4.32. The van der Waals surface area contributed by atoms with E-state index in [9.17, 15) is 9.18 Å². The summed E-state index contributed by atoms with van der Waals surface area (Å²) in [7, 11) is 0. The lowest BCUT2D eigenvalue weighted by Gasteiger charge is -2.34. The Morgan fingerprint density at radius 1 is 1.11 bits per heavy atom. The van der Waals surface area contributed by atoms with E-state index in [1.165, 1.54) is 18.4 Å². The maximum atomic E-state index is 13.3. The first-order valence-corrected chi connectivity index (χ1v) is 8.62. The molecule has 7 nitrogen and oxygen atoms in total. The van der Waals surface area contributed by atoms with Crippen LogP contribution in [0.15, 0.2) is 59.3 Å². The second-order valence-corrected chi connectivity index (χ2v) is 6.13. The highest BCUT2D eigenvalue weighted by atomic mass is 19.1.